The third kappa shape index (κ3) is 1.88. The fraction of sp³-hybridized carbons (Fsp3) is 0. The molecule has 1 aromatic carbocycles. The first-order valence-electron chi connectivity index (χ1n) is 5.83. The van der Waals surface area contributed by atoms with E-state index < -0.39 is 5.97 Å². The van der Waals surface area contributed by atoms with E-state index in [1.165, 1.54) is 0 Å². The van der Waals surface area contributed by atoms with Gasteiger partial charge in [0, 0.05) is 17.4 Å². The number of halogens is 1. The predicted molar refractivity (Wildman–Crippen MR) is 77.0 cm³/mol. The van der Waals surface area contributed by atoms with Gasteiger partial charge >= 0.3 is 5.97 Å². The quantitative estimate of drug-likeness (QED) is 0.759. The highest BCUT2D eigenvalue weighted by molar-refractivity contribution is 6.33. The molecular formula is C14H10ClN3O2. The molecule has 3 rings (SSSR count). The second-order valence-corrected chi connectivity index (χ2v) is 4.69. The molecule has 5 nitrogen and oxygen atoms in total. The Balaban J connectivity index is 2.38. The number of nitrogens with zero attached hydrogens (tertiary/aromatic N) is 2. The van der Waals surface area contributed by atoms with E-state index in [1.807, 2.05) is 6.07 Å². The third-order valence-corrected chi connectivity index (χ3v) is 3.31. The molecule has 20 heavy (non-hydrogen) atoms. The molecule has 0 aliphatic heterocycles. The van der Waals surface area contributed by atoms with Crippen LogP contribution in [0.4, 0.5) is 5.69 Å². The normalized spacial score (nSPS) is 10.8. The molecule has 0 aliphatic carbocycles. The molecule has 3 aromatic rings. The molecule has 0 aliphatic rings. The Bertz CT molecular complexity index is 826. The minimum absolute atomic E-state index is 0.0489. The van der Waals surface area contributed by atoms with Crippen molar-refractivity contribution in [1.82, 2.24) is 9.38 Å². The first-order valence-corrected chi connectivity index (χ1v) is 6.21. The SMILES string of the molecule is Nc1ccn2c(-c3ccccc3Cl)nc(C(=O)O)c2c1. The maximum Gasteiger partial charge on any atom is 0.356 e. The number of fused-ring (bicyclic) bond motifs is 1. The zero-order valence-electron chi connectivity index (χ0n) is 10.2. The lowest BCUT2D eigenvalue weighted by atomic mass is 10.2. The molecule has 0 bridgehead atoms. The summed E-state index contributed by atoms with van der Waals surface area (Å²) in [5, 5.41) is 9.76. The van der Waals surface area contributed by atoms with Crippen molar-refractivity contribution in [3.05, 3.63) is 53.3 Å². The van der Waals surface area contributed by atoms with E-state index in [0.29, 0.717) is 27.6 Å². The first kappa shape index (κ1) is 12.5. The summed E-state index contributed by atoms with van der Waals surface area (Å²) in [6, 6.07) is 10.4. The Morgan fingerprint density at radius 2 is 2.05 bits per heavy atom. The van der Waals surface area contributed by atoms with E-state index in [2.05, 4.69) is 4.98 Å². The lowest BCUT2D eigenvalue weighted by molar-refractivity contribution is 0.0693. The zero-order valence-corrected chi connectivity index (χ0v) is 11.0. The van der Waals surface area contributed by atoms with Gasteiger partial charge in [-0.25, -0.2) is 9.78 Å². The van der Waals surface area contributed by atoms with Gasteiger partial charge in [-0.2, -0.15) is 0 Å². The Morgan fingerprint density at radius 3 is 2.75 bits per heavy atom. The summed E-state index contributed by atoms with van der Waals surface area (Å²) in [7, 11) is 0. The van der Waals surface area contributed by atoms with Crippen molar-refractivity contribution in [2.24, 2.45) is 0 Å². The summed E-state index contributed by atoms with van der Waals surface area (Å²) in [6.07, 6.45) is 1.68. The number of carboxylic acids is 1. The van der Waals surface area contributed by atoms with Crippen molar-refractivity contribution in [3.63, 3.8) is 0 Å². The molecule has 2 aromatic heterocycles. The van der Waals surface area contributed by atoms with Crippen LogP contribution in [-0.2, 0) is 0 Å². The summed E-state index contributed by atoms with van der Waals surface area (Å²) in [5.74, 6) is -0.630. The lowest BCUT2D eigenvalue weighted by Gasteiger charge is -2.03. The molecule has 3 N–H and O–H groups in total. The van der Waals surface area contributed by atoms with Gasteiger partial charge in [-0.3, -0.25) is 4.40 Å². The molecule has 0 fully saturated rings. The van der Waals surface area contributed by atoms with Gasteiger partial charge in [0.1, 0.15) is 5.82 Å². The second-order valence-electron chi connectivity index (χ2n) is 4.28. The maximum atomic E-state index is 11.3. The van der Waals surface area contributed by atoms with E-state index in [1.54, 1.807) is 40.9 Å². The molecule has 0 amide bonds. The fourth-order valence-electron chi connectivity index (χ4n) is 2.09. The number of hydrogen-bond acceptors (Lipinski definition) is 3. The largest absolute Gasteiger partial charge is 0.476 e. The Hall–Kier alpha value is -2.53. The number of carboxylic acid groups (broad SMARTS) is 1. The van der Waals surface area contributed by atoms with Gasteiger partial charge < -0.3 is 10.8 Å². The highest BCUT2D eigenvalue weighted by atomic mass is 35.5. The molecule has 0 unspecified atom stereocenters. The van der Waals surface area contributed by atoms with Crippen LogP contribution in [0.3, 0.4) is 0 Å². The van der Waals surface area contributed by atoms with Gasteiger partial charge in [0.15, 0.2) is 5.69 Å². The third-order valence-electron chi connectivity index (χ3n) is 2.98. The number of pyridine rings is 1. The van der Waals surface area contributed by atoms with Crippen LogP contribution in [0.25, 0.3) is 16.9 Å². The lowest BCUT2D eigenvalue weighted by Crippen LogP contribution is -1.97. The number of anilines is 1. The monoisotopic (exact) mass is 287 g/mol. The van der Waals surface area contributed by atoms with Crippen LogP contribution in [0, 0.1) is 0 Å². The van der Waals surface area contributed by atoms with Gasteiger partial charge in [-0.05, 0) is 24.3 Å². The summed E-state index contributed by atoms with van der Waals surface area (Å²) in [6.45, 7) is 0. The van der Waals surface area contributed by atoms with Crippen LogP contribution in [0.5, 0.6) is 0 Å². The van der Waals surface area contributed by atoms with Crippen molar-refractivity contribution in [2.75, 3.05) is 5.73 Å². The van der Waals surface area contributed by atoms with Crippen molar-refractivity contribution in [3.8, 4) is 11.4 Å². The van der Waals surface area contributed by atoms with Gasteiger partial charge in [0.2, 0.25) is 0 Å². The van der Waals surface area contributed by atoms with Gasteiger partial charge in [0.25, 0.3) is 0 Å². The van der Waals surface area contributed by atoms with E-state index in [0.717, 1.165) is 0 Å². The van der Waals surface area contributed by atoms with Crippen LogP contribution in [0.1, 0.15) is 10.5 Å². The molecule has 0 atom stereocenters. The summed E-state index contributed by atoms with van der Waals surface area (Å²) in [5.41, 5.74) is 7.24. The van der Waals surface area contributed by atoms with E-state index in [4.69, 9.17) is 17.3 Å². The summed E-state index contributed by atoms with van der Waals surface area (Å²) in [4.78, 5) is 15.5. The van der Waals surface area contributed by atoms with E-state index >= 15 is 0 Å². The Kier molecular flexibility index (Phi) is 2.84. The minimum Gasteiger partial charge on any atom is -0.476 e. The summed E-state index contributed by atoms with van der Waals surface area (Å²) < 4.78 is 1.67. The number of aromatic carboxylic acids is 1. The Morgan fingerprint density at radius 1 is 1.30 bits per heavy atom. The molecule has 100 valence electrons. The average Bonchev–Trinajstić information content (AvgIpc) is 2.78. The fourth-order valence-corrected chi connectivity index (χ4v) is 2.31. The van der Waals surface area contributed by atoms with Gasteiger partial charge in [0.05, 0.1) is 10.5 Å². The molecular weight excluding hydrogens is 278 g/mol. The second kappa shape index (κ2) is 4.54. The van der Waals surface area contributed by atoms with E-state index in [-0.39, 0.29) is 5.69 Å². The Labute approximate surface area is 119 Å². The number of nitrogens with two attached hydrogens (primary N) is 1. The minimum atomic E-state index is -1.11. The number of hydrogen-bond donors (Lipinski definition) is 2. The number of nitrogen functional groups attached to an aromatic ring is 1. The van der Waals surface area contributed by atoms with E-state index in [9.17, 15) is 9.90 Å². The molecule has 6 heteroatoms. The molecule has 0 radical (unpaired) electrons. The zero-order chi connectivity index (χ0) is 14.3. The van der Waals surface area contributed by atoms with Crippen LogP contribution < -0.4 is 5.73 Å². The molecule has 0 spiro atoms. The number of imidazole rings is 1. The van der Waals surface area contributed by atoms with Crippen molar-refractivity contribution in [2.45, 2.75) is 0 Å². The van der Waals surface area contributed by atoms with Crippen LogP contribution in [0.15, 0.2) is 42.6 Å². The molecule has 0 saturated heterocycles. The summed E-state index contributed by atoms with van der Waals surface area (Å²) >= 11 is 6.15. The number of aromatic nitrogens is 2. The number of carbonyl (C=O) groups is 1. The van der Waals surface area contributed by atoms with Crippen molar-refractivity contribution >= 4 is 28.8 Å². The topological polar surface area (TPSA) is 80.6 Å². The van der Waals surface area contributed by atoms with Crippen molar-refractivity contribution in [1.29, 1.82) is 0 Å². The standard InChI is InChI=1S/C14H10ClN3O2/c15-10-4-2-1-3-9(10)13-17-12(14(19)20)11-7-8(16)5-6-18(11)13/h1-7H,16H2,(H,19,20). The van der Waals surface area contributed by atoms with Crippen LogP contribution in [0.2, 0.25) is 5.02 Å². The van der Waals surface area contributed by atoms with Gasteiger partial charge in [-0.15, -0.1) is 0 Å². The average molecular weight is 288 g/mol. The number of benzene rings is 1. The van der Waals surface area contributed by atoms with Crippen LogP contribution >= 0.6 is 11.6 Å². The highest BCUT2D eigenvalue weighted by Crippen LogP contribution is 2.29. The van der Waals surface area contributed by atoms with Crippen molar-refractivity contribution < 1.29 is 9.90 Å². The maximum absolute atomic E-state index is 11.3. The smallest absolute Gasteiger partial charge is 0.356 e. The van der Waals surface area contributed by atoms with Crippen LogP contribution in [-0.4, -0.2) is 20.5 Å². The van der Waals surface area contributed by atoms with Gasteiger partial charge in [-0.1, -0.05) is 23.7 Å². The number of rotatable bonds is 2. The molecule has 2 heterocycles. The first-order chi connectivity index (χ1) is 9.58. The highest BCUT2D eigenvalue weighted by Gasteiger charge is 2.19. The molecule has 0 saturated carbocycles. The predicted octanol–water partition coefficient (Wildman–Crippen LogP) is 2.94.